The second-order valence-corrected chi connectivity index (χ2v) is 12.3. The van der Waals surface area contributed by atoms with E-state index in [2.05, 4.69) is 24.5 Å². The Morgan fingerprint density at radius 1 is 0.973 bits per heavy atom. The minimum Gasteiger partial charge on any atom is -0.511 e. The van der Waals surface area contributed by atoms with Gasteiger partial charge in [-0.3, -0.25) is 14.4 Å². The molecule has 2 bridgehead atoms. The van der Waals surface area contributed by atoms with Crippen molar-refractivity contribution in [3.05, 3.63) is 35.6 Å². The lowest BCUT2D eigenvalue weighted by Crippen LogP contribution is -2.43. The summed E-state index contributed by atoms with van der Waals surface area (Å²) in [4.78, 5) is 38.9. The van der Waals surface area contributed by atoms with Crippen molar-refractivity contribution in [1.29, 1.82) is 0 Å². The fraction of sp³-hybridized carbons (Fsp3) is 0.690. The van der Waals surface area contributed by atoms with Crippen LogP contribution in [0.2, 0.25) is 0 Å². The molecule has 3 saturated carbocycles. The van der Waals surface area contributed by atoms with Crippen LogP contribution in [-0.4, -0.2) is 57.7 Å². The van der Waals surface area contributed by atoms with Crippen LogP contribution in [0.4, 0.5) is 0 Å². The third kappa shape index (κ3) is 3.66. The first-order chi connectivity index (χ1) is 17.7. The molecule has 8 nitrogen and oxygen atoms in total. The Bertz CT molecular complexity index is 1100. The molecule has 13 atom stereocenters. The standard InChI is InChI=1S/C29H38N2O6/c1-3-13-10-14-11-19-15-4-7-18-17(6-5-16(15)25(33)22(19)21(14)12(13)2)26(34)23-27(35)24(31-29(23)37)20(32)8-9-30-28(18)36/h4-7,12-22,24-25,32-34H,3,8-11H2,1-2H3,(H,30,36)(H,31,37). The molecule has 0 radical (unpaired) electrons. The molecular formula is C29H38N2O6. The number of amides is 2. The topological polar surface area (TPSA) is 136 Å². The first kappa shape index (κ1) is 24.9. The first-order valence-corrected chi connectivity index (χ1v) is 14.0. The Hall–Kier alpha value is -2.45. The van der Waals surface area contributed by atoms with Gasteiger partial charge in [0.1, 0.15) is 17.4 Å². The largest absolute Gasteiger partial charge is 0.511 e. The second-order valence-electron chi connectivity index (χ2n) is 12.3. The fourth-order valence-electron chi connectivity index (χ4n) is 9.03. The molecule has 6 rings (SSSR count). The predicted octanol–water partition coefficient (Wildman–Crippen LogP) is 1.65. The number of ketones is 1. The molecule has 37 heavy (non-hydrogen) atoms. The number of rotatable bonds is 1. The summed E-state index contributed by atoms with van der Waals surface area (Å²) in [5.41, 5.74) is -0.388. The van der Waals surface area contributed by atoms with Gasteiger partial charge < -0.3 is 26.0 Å². The minimum atomic E-state index is -1.17. The van der Waals surface area contributed by atoms with Gasteiger partial charge in [-0.25, -0.2) is 0 Å². The summed E-state index contributed by atoms with van der Waals surface area (Å²) in [6, 6.07) is -1.14. The molecule has 2 amide bonds. The average Bonchev–Trinajstić information content (AvgIpc) is 3.52. The number of hydrogen-bond donors (Lipinski definition) is 5. The molecule has 0 aromatic rings. The molecule has 5 N–H and O–H groups in total. The van der Waals surface area contributed by atoms with Crippen molar-refractivity contribution in [2.75, 3.05) is 6.54 Å². The number of nitrogens with one attached hydrogen (secondary N) is 2. The summed E-state index contributed by atoms with van der Waals surface area (Å²) in [5, 5.41) is 38.6. The van der Waals surface area contributed by atoms with E-state index in [0.717, 1.165) is 6.42 Å². The number of aliphatic hydroxyl groups is 3. The van der Waals surface area contributed by atoms with E-state index in [1.165, 1.54) is 12.8 Å². The van der Waals surface area contributed by atoms with Gasteiger partial charge in [0.25, 0.3) is 5.91 Å². The molecule has 200 valence electrons. The highest BCUT2D eigenvalue weighted by Crippen LogP contribution is 2.64. The van der Waals surface area contributed by atoms with Gasteiger partial charge in [-0.2, -0.15) is 0 Å². The van der Waals surface area contributed by atoms with Crippen LogP contribution in [0.1, 0.15) is 39.5 Å². The highest BCUT2D eigenvalue weighted by molar-refractivity contribution is 6.27. The fourth-order valence-corrected chi connectivity index (χ4v) is 9.03. The van der Waals surface area contributed by atoms with Crippen molar-refractivity contribution in [3.63, 3.8) is 0 Å². The Labute approximate surface area is 217 Å². The van der Waals surface area contributed by atoms with Gasteiger partial charge in [0, 0.05) is 12.5 Å². The van der Waals surface area contributed by atoms with Crippen LogP contribution in [0.15, 0.2) is 35.6 Å². The molecule has 2 aliphatic heterocycles. The van der Waals surface area contributed by atoms with E-state index >= 15 is 0 Å². The minimum absolute atomic E-state index is 0.0958. The molecule has 4 fully saturated rings. The lowest BCUT2D eigenvalue weighted by Gasteiger charge is -2.29. The maximum Gasteiger partial charge on any atom is 0.259 e. The van der Waals surface area contributed by atoms with Crippen LogP contribution in [-0.2, 0) is 14.4 Å². The first-order valence-electron chi connectivity index (χ1n) is 14.0. The molecule has 0 aromatic carbocycles. The van der Waals surface area contributed by atoms with Gasteiger partial charge in [-0.05, 0) is 60.7 Å². The molecule has 2 heterocycles. The van der Waals surface area contributed by atoms with Crippen molar-refractivity contribution in [3.8, 4) is 0 Å². The third-order valence-electron chi connectivity index (χ3n) is 10.8. The zero-order chi connectivity index (χ0) is 26.2. The normalized spacial score (nSPS) is 48.9. The SMILES string of the molecule is CCC1CC2CC3C4C=CC5C(=O)NCCC(O)C6NC(=O)C(=C(O)C5C=CC4C(O)C3C2C1C)C6=O. The second kappa shape index (κ2) is 9.09. The number of hydrogen-bond acceptors (Lipinski definition) is 6. The zero-order valence-electron chi connectivity index (χ0n) is 21.4. The monoisotopic (exact) mass is 510 g/mol. The number of carbonyl (C=O) groups excluding carboxylic acids is 3. The van der Waals surface area contributed by atoms with E-state index in [-0.39, 0.29) is 42.2 Å². The number of Topliss-reactive ketones (excluding diaryl/α,β-unsaturated/α-hetero) is 1. The van der Waals surface area contributed by atoms with Gasteiger partial charge in [-0.15, -0.1) is 0 Å². The summed E-state index contributed by atoms with van der Waals surface area (Å²) < 4.78 is 0. The quantitative estimate of drug-likeness (QED) is 0.269. The summed E-state index contributed by atoms with van der Waals surface area (Å²) in [7, 11) is 0. The molecule has 0 spiro atoms. The van der Waals surface area contributed by atoms with Crippen molar-refractivity contribution < 1.29 is 29.7 Å². The number of carbonyl (C=O) groups is 3. The van der Waals surface area contributed by atoms with Gasteiger partial charge in [0.15, 0.2) is 5.78 Å². The van der Waals surface area contributed by atoms with Gasteiger partial charge >= 0.3 is 0 Å². The van der Waals surface area contributed by atoms with Crippen LogP contribution in [0, 0.1) is 59.2 Å². The Morgan fingerprint density at radius 3 is 2.46 bits per heavy atom. The summed E-state index contributed by atoms with van der Waals surface area (Å²) >= 11 is 0. The van der Waals surface area contributed by atoms with E-state index < -0.39 is 47.5 Å². The highest BCUT2D eigenvalue weighted by atomic mass is 16.3. The molecule has 13 unspecified atom stereocenters. The number of fused-ring (bicyclic) bond motifs is 8. The Morgan fingerprint density at radius 2 is 1.70 bits per heavy atom. The molecular weight excluding hydrogens is 472 g/mol. The molecule has 8 heteroatoms. The van der Waals surface area contributed by atoms with Crippen molar-refractivity contribution in [2.45, 2.75) is 57.8 Å². The smallest absolute Gasteiger partial charge is 0.259 e. The summed E-state index contributed by atoms with van der Waals surface area (Å²) in [6.07, 6.45) is 9.41. The van der Waals surface area contributed by atoms with Crippen molar-refractivity contribution >= 4 is 17.6 Å². The number of aliphatic hydroxyl groups excluding tert-OH is 3. The third-order valence-corrected chi connectivity index (χ3v) is 10.8. The lowest BCUT2D eigenvalue weighted by molar-refractivity contribution is -0.125. The number of allylic oxidation sites excluding steroid dienone is 2. The maximum absolute atomic E-state index is 13.3. The lowest BCUT2D eigenvalue weighted by atomic mass is 9.78. The van der Waals surface area contributed by atoms with E-state index in [4.69, 9.17) is 0 Å². The molecule has 6 aliphatic rings. The van der Waals surface area contributed by atoms with E-state index in [9.17, 15) is 29.7 Å². The van der Waals surface area contributed by atoms with E-state index in [1.807, 2.05) is 18.2 Å². The summed E-state index contributed by atoms with van der Waals surface area (Å²) in [6.45, 7) is 4.75. The van der Waals surface area contributed by atoms with Crippen LogP contribution in [0.25, 0.3) is 0 Å². The average molecular weight is 511 g/mol. The highest BCUT2D eigenvalue weighted by Gasteiger charge is 2.61. The maximum atomic E-state index is 13.3. The van der Waals surface area contributed by atoms with Crippen LogP contribution in [0.5, 0.6) is 0 Å². The summed E-state index contributed by atoms with van der Waals surface area (Å²) in [5.74, 6) is -0.963. The zero-order valence-corrected chi connectivity index (χ0v) is 21.4. The van der Waals surface area contributed by atoms with Crippen molar-refractivity contribution in [2.24, 2.45) is 59.2 Å². The van der Waals surface area contributed by atoms with Crippen LogP contribution < -0.4 is 10.6 Å². The Balaban J connectivity index is 1.37. The van der Waals surface area contributed by atoms with E-state index in [1.54, 1.807) is 6.08 Å². The van der Waals surface area contributed by atoms with Gasteiger partial charge in [-0.1, -0.05) is 44.6 Å². The van der Waals surface area contributed by atoms with Gasteiger partial charge in [0.2, 0.25) is 5.91 Å². The van der Waals surface area contributed by atoms with Crippen molar-refractivity contribution in [1.82, 2.24) is 10.6 Å². The van der Waals surface area contributed by atoms with Crippen LogP contribution >= 0.6 is 0 Å². The van der Waals surface area contributed by atoms with E-state index in [0.29, 0.717) is 29.6 Å². The molecule has 4 aliphatic carbocycles. The predicted molar refractivity (Wildman–Crippen MR) is 135 cm³/mol. The molecule has 1 saturated heterocycles. The van der Waals surface area contributed by atoms with Crippen LogP contribution in [0.3, 0.4) is 0 Å². The Kier molecular flexibility index (Phi) is 6.10. The van der Waals surface area contributed by atoms with Gasteiger partial charge in [0.05, 0.1) is 24.0 Å². The molecule has 0 aromatic heterocycles.